The summed E-state index contributed by atoms with van der Waals surface area (Å²) in [6.45, 7) is 0. The van der Waals surface area contributed by atoms with Crippen LogP contribution in [0.25, 0.3) is 11.1 Å². The van der Waals surface area contributed by atoms with Gasteiger partial charge in [-0.1, -0.05) is 11.6 Å². The molecule has 0 aliphatic heterocycles. The summed E-state index contributed by atoms with van der Waals surface area (Å²) in [4.78, 5) is 2.92. The van der Waals surface area contributed by atoms with E-state index in [-0.39, 0.29) is 0 Å². The smallest absolute Gasteiger partial charge is 0.179 e. The molecule has 0 amide bonds. The van der Waals surface area contributed by atoms with Gasteiger partial charge in [-0.15, -0.1) is 0 Å². The van der Waals surface area contributed by atoms with E-state index in [0.29, 0.717) is 5.02 Å². The average molecular weight is 167 g/mol. The molecule has 2 aromatic rings. The van der Waals surface area contributed by atoms with Gasteiger partial charge in [0.25, 0.3) is 0 Å². The molecule has 3 heteroatoms. The van der Waals surface area contributed by atoms with Gasteiger partial charge in [-0.2, -0.15) is 0 Å². The summed E-state index contributed by atoms with van der Waals surface area (Å²) in [7, 11) is 0. The minimum absolute atomic E-state index is 0.588. The van der Waals surface area contributed by atoms with E-state index < -0.39 is 0 Å². The molecule has 1 radical (unpaired) electrons. The van der Waals surface area contributed by atoms with Crippen molar-refractivity contribution in [2.24, 2.45) is 0 Å². The lowest BCUT2D eigenvalue weighted by Crippen LogP contribution is -1.66. The number of aromatic nitrogens is 1. The van der Waals surface area contributed by atoms with Crippen LogP contribution in [0.4, 0.5) is 0 Å². The van der Waals surface area contributed by atoms with Gasteiger partial charge in [0.15, 0.2) is 6.26 Å². The standard InChI is InChI=1S/C8H5ClNO/c9-8-5-11-4-7(8)6-1-2-10-3-6/h1-3,5,10H. The Bertz CT molecular complexity index is 337. The van der Waals surface area contributed by atoms with Crippen molar-refractivity contribution in [3.63, 3.8) is 0 Å². The minimum atomic E-state index is 0.588. The summed E-state index contributed by atoms with van der Waals surface area (Å²) in [5.74, 6) is 0. The number of furan rings is 1. The van der Waals surface area contributed by atoms with Crippen molar-refractivity contribution in [1.82, 2.24) is 4.98 Å². The molecular weight excluding hydrogens is 162 g/mol. The highest BCUT2D eigenvalue weighted by Crippen LogP contribution is 2.27. The van der Waals surface area contributed by atoms with E-state index >= 15 is 0 Å². The third kappa shape index (κ3) is 1.05. The lowest BCUT2D eigenvalue weighted by atomic mass is 10.2. The van der Waals surface area contributed by atoms with E-state index in [4.69, 9.17) is 16.0 Å². The van der Waals surface area contributed by atoms with Gasteiger partial charge in [-0.3, -0.25) is 0 Å². The predicted molar refractivity (Wildman–Crippen MR) is 42.3 cm³/mol. The van der Waals surface area contributed by atoms with Crippen LogP contribution in [-0.2, 0) is 0 Å². The maximum atomic E-state index is 5.79. The Kier molecular flexibility index (Phi) is 1.47. The molecule has 55 valence electrons. The van der Waals surface area contributed by atoms with Crippen LogP contribution < -0.4 is 0 Å². The number of nitrogens with one attached hydrogen (secondary N) is 1. The molecule has 0 atom stereocenters. The van der Waals surface area contributed by atoms with Crippen molar-refractivity contribution in [1.29, 1.82) is 0 Å². The topological polar surface area (TPSA) is 28.9 Å². The summed E-state index contributed by atoms with van der Waals surface area (Å²) >= 11 is 5.79. The van der Waals surface area contributed by atoms with E-state index in [1.807, 2.05) is 18.5 Å². The molecule has 2 rings (SSSR count). The fraction of sp³-hybridized carbons (Fsp3) is 0. The van der Waals surface area contributed by atoms with E-state index in [1.54, 1.807) is 0 Å². The van der Waals surface area contributed by atoms with Crippen LogP contribution in [-0.4, -0.2) is 4.98 Å². The van der Waals surface area contributed by atoms with E-state index in [0.717, 1.165) is 11.1 Å². The summed E-state index contributed by atoms with van der Waals surface area (Å²) in [6, 6.07) is 1.91. The second kappa shape index (κ2) is 2.47. The Hall–Kier alpha value is -1.15. The molecule has 0 saturated carbocycles. The highest BCUT2D eigenvalue weighted by Gasteiger charge is 2.05. The van der Waals surface area contributed by atoms with Crippen LogP contribution in [0, 0.1) is 6.26 Å². The van der Waals surface area contributed by atoms with E-state index in [1.165, 1.54) is 6.26 Å². The van der Waals surface area contributed by atoms with Crippen molar-refractivity contribution < 1.29 is 4.42 Å². The zero-order valence-corrected chi connectivity index (χ0v) is 6.35. The number of hydrogen-bond acceptors (Lipinski definition) is 1. The molecule has 0 spiro atoms. The van der Waals surface area contributed by atoms with Gasteiger partial charge in [-0.25, -0.2) is 0 Å². The molecule has 2 nitrogen and oxygen atoms in total. The van der Waals surface area contributed by atoms with Crippen molar-refractivity contribution in [2.75, 3.05) is 0 Å². The molecule has 0 unspecified atom stereocenters. The van der Waals surface area contributed by atoms with Crippen LogP contribution in [0.5, 0.6) is 0 Å². The Balaban J connectivity index is 2.53. The van der Waals surface area contributed by atoms with Crippen LogP contribution in [0.3, 0.4) is 0 Å². The number of aromatic amines is 1. The average Bonchev–Trinajstić information content (AvgIpc) is 2.55. The Morgan fingerprint density at radius 3 is 3.00 bits per heavy atom. The molecule has 11 heavy (non-hydrogen) atoms. The highest BCUT2D eigenvalue weighted by atomic mass is 35.5. The van der Waals surface area contributed by atoms with Gasteiger partial charge in [0.1, 0.15) is 6.26 Å². The van der Waals surface area contributed by atoms with Crippen molar-refractivity contribution in [3.8, 4) is 11.1 Å². The number of hydrogen-bond donors (Lipinski definition) is 1. The molecule has 0 aliphatic carbocycles. The maximum Gasteiger partial charge on any atom is 0.179 e. The van der Waals surface area contributed by atoms with Crippen molar-refractivity contribution >= 4 is 11.6 Å². The molecule has 0 saturated heterocycles. The summed E-state index contributed by atoms with van der Waals surface area (Å²) in [5, 5.41) is 0.588. The van der Waals surface area contributed by atoms with Gasteiger partial charge >= 0.3 is 0 Å². The van der Waals surface area contributed by atoms with Crippen LogP contribution in [0.2, 0.25) is 5.02 Å². The Morgan fingerprint density at radius 1 is 1.55 bits per heavy atom. The van der Waals surface area contributed by atoms with E-state index in [9.17, 15) is 0 Å². The van der Waals surface area contributed by atoms with Gasteiger partial charge in [-0.05, 0) is 6.07 Å². The zero-order chi connectivity index (χ0) is 7.68. The lowest BCUT2D eigenvalue weighted by molar-refractivity contribution is 0.559. The minimum Gasteiger partial charge on any atom is -0.459 e. The third-order valence-corrected chi connectivity index (χ3v) is 1.73. The summed E-state index contributed by atoms with van der Waals surface area (Å²) < 4.78 is 4.80. The zero-order valence-electron chi connectivity index (χ0n) is 5.60. The summed E-state index contributed by atoms with van der Waals surface area (Å²) in [6.07, 6.45) is 7.81. The molecule has 0 fully saturated rings. The van der Waals surface area contributed by atoms with Crippen LogP contribution in [0.1, 0.15) is 0 Å². The number of halogens is 1. The first-order chi connectivity index (χ1) is 5.38. The Morgan fingerprint density at radius 2 is 2.45 bits per heavy atom. The SMILES string of the molecule is Clc1co[c]c1-c1cc[nH]c1. The number of rotatable bonds is 1. The fourth-order valence-corrected chi connectivity index (χ4v) is 1.12. The quantitative estimate of drug-likeness (QED) is 0.694. The predicted octanol–water partition coefficient (Wildman–Crippen LogP) is 2.73. The molecule has 0 aromatic carbocycles. The van der Waals surface area contributed by atoms with Crippen LogP contribution in [0.15, 0.2) is 29.1 Å². The molecular formula is C8H5ClNO. The Labute approximate surface area is 68.8 Å². The monoisotopic (exact) mass is 166 g/mol. The normalized spacial score (nSPS) is 10.3. The molecule has 0 aliphatic rings. The van der Waals surface area contributed by atoms with Crippen molar-refractivity contribution in [3.05, 3.63) is 36.0 Å². The maximum absolute atomic E-state index is 5.79. The van der Waals surface area contributed by atoms with Gasteiger partial charge < -0.3 is 9.40 Å². The second-order valence-electron chi connectivity index (χ2n) is 2.16. The first-order valence-electron chi connectivity index (χ1n) is 3.16. The molecule has 2 aromatic heterocycles. The fourth-order valence-electron chi connectivity index (χ4n) is 0.924. The molecule has 1 N–H and O–H groups in total. The number of H-pyrrole nitrogens is 1. The van der Waals surface area contributed by atoms with E-state index in [2.05, 4.69) is 11.2 Å². The first kappa shape index (κ1) is 6.55. The van der Waals surface area contributed by atoms with Gasteiger partial charge in [0.05, 0.1) is 10.6 Å². The highest BCUT2D eigenvalue weighted by molar-refractivity contribution is 6.33. The van der Waals surface area contributed by atoms with Crippen molar-refractivity contribution in [2.45, 2.75) is 0 Å². The molecule has 0 bridgehead atoms. The summed E-state index contributed by atoms with van der Waals surface area (Å²) in [5.41, 5.74) is 1.79. The first-order valence-corrected chi connectivity index (χ1v) is 3.53. The van der Waals surface area contributed by atoms with Crippen LogP contribution >= 0.6 is 11.6 Å². The van der Waals surface area contributed by atoms with Gasteiger partial charge in [0.2, 0.25) is 0 Å². The lowest BCUT2D eigenvalue weighted by Gasteiger charge is -1.87. The largest absolute Gasteiger partial charge is 0.459 e. The van der Waals surface area contributed by atoms with Gasteiger partial charge in [0, 0.05) is 18.0 Å². The second-order valence-corrected chi connectivity index (χ2v) is 2.57. The molecule has 2 heterocycles. The third-order valence-electron chi connectivity index (χ3n) is 1.45.